The Hall–Kier alpha value is -4.63. The molecule has 6 atom stereocenters. The zero-order valence-corrected chi connectivity index (χ0v) is 31.2. The van der Waals surface area contributed by atoms with Crippen molar-refractivity contribution in [1.29, 1.82) is 0 Å². The molecular weight excluding hydrogens is 693 g/mol. The summed E-state index contributed by atoms with van der Waals surface area (Å²) in [7, 11) is 0. The fraction of sp³-hybridized carbons (Fsp3) is 0.524. The first kappa shape index (κ1) is 35.1. The first-order chi connectivity index (χ1) is 25.9. The number of piperazine rings is 1. The quantitative estimate of drug-likeness (QED) is 0.196. The van der Waals surface area contributed by atoms with Crippen LogP contribution in [0.5, 0.6) is 6.01 Å². The van der Waals surface area contributed by atoms with Crippen molar-refractivity contribution < 1.29 is 27.4 Å². The fourth-order valence-electron chi connectivity index (χ4n) is 10.1. The number of terminal acetylenes is 1. The number of aromatic nitrogens is 3. The predicted molar refractivity (Wildman–Crippen MR) is 200 cm³/mol. The second-order valence-corrected chi connectivity index (χ2v) is 16.9. The van der Waals surface area contributed by atoms with Gasteiger partial charge >= 0.3 is 12.1 Å². The summed E-state index contributed by atoms with van der Waals surface area (Å²) in [6.07, 6.45) is 9.73. The largest absolute Gasteiger partial charge is 0.461 e. The minimum absolute atomic E-state index is 0.00482. The maximum atomic E-state index is 17.5. The zero-order valence-electron chi connectivity index (χ0n) is 31.2. The summed E-state index contributed by atoms with van der Waals surface area (Å²) in [6, 6.07) is 7.88. The molecule has 9 nitrogen and oxygen atoms in total. The van der Waals surface area contributed by atoms with Crippen molar-refractivity contribution >= 4 is 33.6 Å². The van der Waals surface area contributed by atoms with Crippen LogP contribution in [0.25, 0.3) is 32.9 Å². The van der Waals surface area contributed by atoms with Gasteiger partial charge in [-0.3, -0.25) is 9.80 Å². The first-order valence-corrected chi connectivity index (χ1v) is 19.2. The molecular formula is C42H45F3N6O3. The Morgan fingerprint density at radius 2 is 1.85 bits per heavy atom. The third kappa shape index (κ3) is 5.56. The zero-order chi connectivity index (χ0) is 37.7. The van der Waals surface area contributed by atoms with Crippen molar-refractivity contribution in [3.8, 4) is 29.6 Å². The molecule has 5 aliphatic heterocycles. The van der Waals surface area contributed by atoms with Crippen LogP contribution in [0.1, 0.15) is 89.8 Å². The SMILES string of the molecule is C#Cc1c(F)ccc2cccc(-c3nc4c5c(nc(OC[C@@]67CCCN6C[C@H](F)C7)nc5c3F)N3CC5CC[C@@H]([C@H]3CC[C@H]4C)N5C(=O)OC(C)(C)C)c12. The topological polar surface area (TPSA) is 83.9 Å². The van der Waals surface area contributed by atoms with Crippen LogP contribution >= 0.6 is 0 Å². The summed E-state index contributed by atoms with van der Waals surface area (Å²) in [5, 5.41) is 1.56. The summed E-state index contributed by atoms with van der Waals surface area (Å²) < 4.78 is 59.7. The number of carbonyl (C=O) groups excluding carboxylic acids is 1. The van der Waals surface area contributed by atoms with E-state index in [2.05, 4.69) is 22.6 Å². The Kier molecular flexibility index (Phi) is 8.27. The van der Waals surface area contributed by atoms with Crippen molar-refractivity contribution in [3.05, 3.63) is 53.2 Å². The molecule has 282 valence electrons. The van der Waals surface area contributed by atoms with Gasteiger partial charge in [-0.1, -0.05) is 37.1 Å². The highest BCUT2D eigenvalue weighted by molar-refractivity contribution is 6.03. The lowest BCUT2D eigenvalue weighted by Gasteiger charge is -2.48. The lowest BCUT2D eigenvalue weighted by Crippen LogP contribution is -2.62. The number of anilines is 1. The predicted octanol–water partition coefficient (Wildman–Crippen LogP) is 7.91. The normalized spacial score (nSPS) is 27.8. The van der Waals surface area contributed by atoms with Gasteiger partial charge in [-0.25, -0.2) is 22.9 Å². The Balaban J connectivity index is 1.22. The van der Waals surface area contributed by atoms with Crippen LogP contribution in [0.15, 0.2) is 30.3 Å². The van der Waals surface area contributed by atoms with Crippen molar-refractivity contribution in [2.45, 2.75) is 114 Å². The Bertz CT molecular complexity index is 2240. The van der Waals surface area contributed by atoms with Gasteiger partial charge in [0.05, 0.1) is 40.3 Å². The van der Waals surface area contributed by atoms with Crippen LogP contribution < -0.4 is 9.64 Å². The molecule has 9 rings (SSSR count). The number of fused-ring (bicyclic) bond motifs is 7. The van der Waals surface area contributed by atoms with E-state index >= 15 is 8.78 Å². The van der Waals surface area contributed by atoms with E-state index in [0.717, 1.165) is 38.6 Å². The molecule has 2 aromatic carbocycles. The van der Waals surface area contributed by atoms with Crippen LogP contribution in [-0.2, 0) is 4.74 Å². The number of benzene rings is 2. The van der Waals surface area contributed by atoms with Crippen LogP contribution in [0.3, 0.4) is 0 Å². The summed E-state index contributed by atoms with van der Waals surface area (Å²) in [4.78, 5) is 34.8. The van der Waals surface area contributed by atoms with Crippen LogP contribution in [0.4, 0.5) is 23.8 Å². The van der Waals surface area contributed by atoms with E-state index in [1.165, 1.54) is 6.07 Å². The number of carbonyl (C=O) groups is 1. The number of nitrogens with zero attached hydrogens (tertiary/aromatic N) is 6. The lowest BCUT2D eigenvalue weighted by atomic mass is 9.88. The van der Waals surface area contributed by atoms with Gasteiger partial charge in [0.25, 0.3) is 0 Å². The minimum Gasteiger partial charge on any atom is -0.461 e. The van der Waals surface area contributed by atoms with E-state index in [1.807, 2.05) is 31.7 Å². The summed E-state index contributed by atoms with van der Waals surface area (Å²) in [6.45, 7) is 9.51. The molecule has 2 bridgehead atoms. The van der Waals surface area contributed by atoms with E-state index in [0.29, 0.717) is 59.2 Å². The smallest absolute Gasteiger partial charge is 0.410 e. The third-order valence-corrected chi connectivity index (χ3v) is 12.4. The average Bonchev–Trinajstić information content (AvgIpc) is 3.77. The molecule has 0 spiro atoms. The minimum atomic E-state index is -0.939. The number of rotatable bonds is 4. The maximum Gasteiger partial charge on any atom is 0.410 e. The third-order valence-electron chi connectivity index (χ3n) is 12.4. The second kappa shape index (κ2) is 12.7. The number of halogens is 3. The molecule has 12 heteroatoms. The van der Waals surface area contributed by atoms with Gasteiger partial charge in [-0.15, -0.1) is 6.42 Å². The Labute approximate surface area is 313 Å². The van der Waals surface area contributed by atoms with Gasteiger partial charge in [-0.2, -0.15) is 9.97 Å². The Morgan fingerprint density at radius 1 is 1.04 bits per heavy atom. The van der Waals surface area contributed by atoms with E-state index in [-0.39, 0.29) is 59.5 Å². The molecule has 5 aliphatic rings. The summed E-state index contributed by atoms with van der Waals surface area (Å²) >= 11 is 0. The van der Waals surface area contributed by atoms with Crippen molar-refractivity contribution in [2.75, 3.05) is 31.1 Å². The molecule has 4 aromatic rings. The van der Waals surface area contributed by atoms with Crippen LogP contribution in [0, 0.1) is 24.0 Å². The molecule has 4 fully saturated rings. The number of hydrogen-bond donors (Lipinski definition) is 0. The molecule has 0 N–H and O–H groups in total. The van der Waals surface area contributed by atoms with E-state index in [1.54, 1.807) is 18.2 Å². The first-order valence-electron chi connectivity index (χ1n) is 19.2. The molecule has 1 amide bonds. The number of ether oxygens (including phenoxy) is 2. The highest BCUT2D eigenvalue weighted by Crippen LogP contribution is 2.47. The molecule has 0 saturated carbocycles. The Morgan fingerprint density at radius 3 is 2.65 bits per heavy atom. The summed E-state index contributed by atoms with van der Waals surface area (Å²) in [5.41, 5.74) is 0.0134. The molecule has 54 heavy (non-hydrogen) atoms. The van der Waals surface area contributed by atoms with Crippen molar-refractivity contribution in [3.63, 3.8) is 0 Å². The number of hydrogen-bond acceptors (Lipinski definition) is 8. The van der Waals surface area contributed by atoms with Gasteiger partial charge in [0, 0.05) is 30.5 Å². The highest BCUT2D eigenvalue weighted by Gasteiger charge is 2.52. The van der Waals surface area contributed by atoms with Gasteiger partial charge in [-0.05, 0) is 83.2 Å². The van der Waals surface area contributed by atoms with Crippen LogP contribution in [-0.4, -0.2) is 92.5 Å². The molecule has 2 aromatic heterocycles. The molecule has 0 radical (unpaired) electrons. The summed E-state index contributed by atoms with van der Waals surface area (Å²) in [5.74, 6) is 1.58. The van der Waals surface area contributed by atoms with Crippen LogP contribution in [0.2, 0.25) is 0 Å². The molecule has 1 unspecified atom stereocenters. The van der Waals surface area contributed by atoms with E-state index in [9.17, 15) is 9.18 Å². The van der Waals surface area contributed by atoms with Gasteiger partial charge in [0.1, 0.15) is 41.2 Å². The monoisotopic (exact) mass is 738 g/mol. The van der Waals surface area contributed by atoms with E-state index in [4.69, 9.17) is 30.8 Å². The van der Waals surface area contributed by atoms with E-state index < -0.39 is 28.9 Å². The lowest BCUT2D eigenvalue weighted by molar-refractivity contribution is 0.00692. The van der Waals surface area contributed by atoms with Crippen molar-refractivity contribution in [2.24, 2.45) is 0 Å². The molecule has 7 heterocycles. The standard InChI is InChI=1S/C42H45F3N6O3/c1-6-27-29(44)14-12-24-9-7-10-28(32(24)27)36-34(45)37-33-35(46-36)23(2)11-15-30-31-16-13-26(51(31)40(52)54-41(3,4)5)21-50(30)38(33)48-39(47-37)53-22-42-17-8-18-49(42)20-25(43)19-42/h1,7,9-10,12,14,23,25-26,30-31H,8,11,13,15-22H2,2-5H3/t23-,25-,26?,30-,31+,42+/m1/s1. The fourth-order valence-corrected chi connectivity index (χ4v) is 10.1. The highest BCUT2D eigenvalue weighted by atomic mass is 19.1. The van der Waals surface area contributed by atoms with Gasteiger partial charge in [0.15, 0.2) is 5.82 Å². The molecule has 4 saturated heterocycles. The van der Waals surface area contributed by atoms with Gasteiger partial charge in [0.2, 0.25) is 0 Å². The maximum absolute atomic E-state index is 17.5. The number of amides is 1. The van der Waals surface area contributed by atoms with Gasteiger partial charge < -0.3 is 14.4 Å². The number of pyridine rings is 1. The molecule has 0 aliphatic carbocycles. The number of alkyl halides is 1. The second-order valence-electron chi connectivity index (χ2n) is 16.9. The van der Waals surface area contributed by atoms with Crippen molar-refractivity contribution in [1.82, 2.24) is 24.8 Å². The average molecular weight is 739 g/mol.